The highest BCUT2D eigenvalue weighted by Crippen LogP contribution is 2.27. The molecule has 2 amide bonds. The Morgan fingerprint density at radius 2 is 1.56 bits per heavy atom. The molecule has 3 aromatic carbocycles. The lowest BCUT2D eigenvalue weighted by Gasteiger charge is -2.31. The van der Waals surface area contributed by atoms with E-state index >= 15 is 0 Å². The lowest BCUT2D eigenvalue weighted by Crippen LogP contribution is -2.41. The maximum Gasteiger partial charge on any atom is 0.225 e. The van der Waals surface area contributed by atoms with Crippen LogP contribution in [0.2, 0.25) is 0 Å². The number of amides is 2. The molecule has 0 unspecified atom stereocenters. The second-order valence-corrected chi connectivity index (χ2v) is 8.67. The van der Waals surface area contributed by atoms with E-state index in [1.807, 2.05) is 54.6 Å². The number of carbonyl (C=O) groups is 2. The van der Waals surface area contributed by atoms with Crippen molar-refractivity contribution in [2.75, 3.05) is 25.0 Å². The van der Waals surface area contributed by atoms with Crippen molar-refractivity contribution >= 4 is 17.5 Å². The number of halogens is 1. The molecule has 0 bridgehead atoms. The number of carbonyl (C=O) groups excluding carboxylic acids is 2. The monoisotopic (exact) mass is 459 g/mol. The van der Waals surface area contributed by atoms with E-state index in [1.165, 1.54) is 12.1 Å². The van der Waals surface area contributed by atoms with Gasteiger partial charge >= 0.3 is 0 Å². The number of anilines is 1. The number of likely N-dealkylation sites (tertiary alicyclic amines) is 1. The molecular formula is C28H30FN3O2. The van der Waals surface area contributed by atoms with Crippen LogP contribution in [-0.4, -0.2) is 36.3 Å². The molecule has 0 atom stereocenters. The SMILES string of the molecule is O=C(CCN1CCC(C(=O)NCc2ccc(F)cc2)CC1)Nc1ccccc1-c1ccccc1. The molecule has 0 saturated carbocycles. The lowest BCUT2D eigenvalue weighted by atomic mass is 9.95. The molecule has 1 aliphatic rings. The van der Waals surface area contributed by atoms with Gasteiger partial charge < -0.3 is 15.5 Å². The second kappa shape index (κ2) is 11.6. The third kappa shape index (κ3) is 6.51. The van der Waals surface area contributed by atoms with E-state index in [9.17, 15) is 14.0 Å². The highest BCUT2D eigenvalue weighted by Gasteiger charge is 2.25. The average molecular weight is 460 g/mol. The van der Waals surface area contributed by atoms with Gasteiger partial charge in [0.05, 0.1) is 0 Å². The topological polar surface area (TPSA) is 61.4 Å². The Labute approximate surface area is 200 Å². The van der Waals surface area contributed by atoms with Gasteiger partial charge in [-0.3, -0.25) is 9.59 Å². The number of hydrogen-bond acceptors (Lipinski definition) is 3. The summed E-state index contributed by atoms with van der Waals surface area (Å²) in [7, 11) is 0. The molecule has 5 nitrogen and oxygen atoms in total. The number of hydrogen-bond donors (Lipinski definition) is 2. The standard InChI is InChI=1S/C28H30FN3O2/c29-24-12-10-21(11-13-24)20-30-28(34)23-14-17-32(18-15-23)19-16-27(33)31-26-9-5-4-8-25(26)22-6-2-1-3-7-22/h1-13,23H,14-20H2,(H,30,34)(H,31,33). The first-order valence-electron chi connectivity index (χ1n) is 11.8. The zero-order valence-electron chi connectivity index (χ0n) is 19.2. The van der Waals surface area contributed by atoms with Gasteiger partial charge in [0.15, 0.2) is 0 Å². The van der Waals surface area contributed by atoms with Crippen molar-refractivity contribution in [2.24, 2.45) is 5.92 Å². The van der Waals surface area contributed by atoms with Crippen LogP contribution >= 0.6 is 0 Å². The summed E-state index contributed by atoms with van der Waals surface area (Å²) in [5.41, 5.74) is 3.77. The Bertz CT molecular complexity index is 1090. The molecule has 6 heteroatoms. The summed E-state index contributed by atoms with van der Waals surface area (Å²) in [6, 6.07) is 24.0. The Hall–Kier alpha value is -3.51. The Morgan fingerprint density at radius 1 is 0.882 bits per heavy atom. The molecule has 2 N–H and O–H groups in total. The first-order chi connectivity index (χ1) is 16.6. The van der Waals surface area contributed by atoms with Crippen LogP contribution < -0.4 is 10.6 Å². The van der Waals surface area contributed by atoms with Gasteiger partial charge in [0.2, 0.25) is 11.8 Å². The van der Waals surface area contributed by atoms with Gasteiger partial charge in [-0.15, -0.1) is 0 Å². The molecule has 4 rings (SSSR count). The summed E-state index contributed by atoms with van der Waals surface area (Å²) in [4.78, 5) is 27.4. The Balaban J connectivity index is 1.20. The molecule has 176 valence electrons. The predicted octanol–water partition coefficient (Wildman–Crippen LogP) is 4.85. The molecule has 34 heavy (non-hydrogen) atoms. The van der Waals surface area contributed by atoms with Crippen LogP contribution in [0.15, 0.2) is 78.9 Å². The van der Waals surface area contributed by atoms with Gasteiger partial charge in [-0.25, -0.2) is 4.39 Å². The van der Waals surface area contributed by atoms with Crippen molar-refractivity contribution in [1.82, 2.24) is 10.2 Å². The van der Waals surface area contributed by atoms with Crippen molar-refractivity contribution in [3.05, 3.63) is 90.2 Å². The van der Waals surface area contributed by atoms with Gasteiger partial charge in [-0.2, -0.15) is 0 Å². The summed E-state index contributed by atoms with van der Waals surface area (Å²) < 4.78 is 13.0. The highest BCUT2D eigenvalue weighted by atomic mass is 19.1. The van der Waals surface area contributed by atoms with Gasteiger partial charge in [0.25, 0.3) is 0 Å². The summed E-state index contributed by atoms with van der Waals surface area (Å²) in [5.74, 6) is -0.276. The number of benzene rings is 3. The quantitative estimate of drug-likeness (QED) is 0.506. The number of nitrogens with zero attached hydrogens (tertiary/aromatic N) is 1. The fraction of sp³-hybridized carbons (Fsp3) is 0.286. The van der Waals surface area contributed by atoms with E-state index in [-0.39, 0.29) is 23.5 Å². The van der Waals surface area contributed by atoms with Crippen molar-refractivity contribution in [3.63, 3.8) is 0 Å². The highest BCUT2D eigenvalue weighted by molar-refractivity contribution is 5.95. The van der Waals surface area contributed by atoms with E-state index in [4.69, 9.17) is 0 Å². The molecule has 1 aliphatic heterocycles. The van der Waals surface area contributed by atoms with Crippen LogP contribution in [-0.2, 0) is 16.1 Å². The van der Waals surface area contributed by atoms with Crippen LogP contribution in [0.3, 0.4) is 0 Å². The van der Waals surface area contributed by atoms with Crippen molar-refractivity contribution in [3.8, 4) is 11.1 Å². The summed E-state index contributed by atoms with van der Waals surface area (Å²) in [6.45, 7) is 2.66. The average Bonchev–Trinajstić information content (AvgIpc) is 2.88. The number of rotatable bonds is 8. The van der Waals surface area contributed by atoms with Gasteiger partial charge in [-0.1, -0.05) is 60.7 Å². The minimum absolute atomic E-state index is 0.0115. The van der Waals surface area contributed by atoms with Crippen molar-refractivity contribution in [2.45, 2.75) is 25.8 Å². The minimum Gasteiger partial charge on any atom is -0.352 e. The third-order valence-electron chi connectivity index (χ3n) is 6.28. The van der Waals surface area contributed by atoms with Crippen molar-refractivity contribution in [1.29, 1.82) is 0 Å². The zero-order chi connectivity index (χ0) is 23.8. The molecule has 3 aromatic rings. The molecular weight excluding hydrogens is 429 g/mol. The fourth-order valence-corrected chi connectivity index (χ4v) is 4.29. The fourth-order valence-electron chi connectivity index (χ4n) is 4.29. The van der Waals surface area contributed by atoms with Crippen LogP contribution in [0.25, 0.3) is 11.1 Å². The molecule has 0 aliphatic carbocycles. The van der Waals surface area contributed by atoms with E-state index in [2.05, 4.69) is 15.5 Å². The summed E-state index contributed by atoms with van der Waals surface area (Å²) in [6.07, 6.45) is 1.95. The van der Waals surface area contributed by atoms with E-state index in [0.29, 0.717) is 19.5 Å². The molecule has 1 fully saturated rings. The van der Waals surface area contributed by atoms with Crippen LogP contribution in [0.5, 0.6) is 0 Å². The predicted molar refractivity (Wildman–Crippen MR) is 133 cm³/mol. The minimum atomic E-state index is -0.281. The van der Waals surface area contributed by atoms with E-state index in [1.54, 1.807) is 12.1 Å². The third-order valence-corrected chi connectivity index (χ3v) is 6.28. The largest absolute Gasteiger partial charge is 0.352 e. The first kappa shape index (κ1) is 23.6. The Morgan fingerprint density at radius 3 is 2.29 bits per heavy atom. The van der Waals surface area contributed by atoms with Gasteiger partial charge in [0, 0.05) is 36.7 Å². The number of para-hydroxylation sites is 1. The maximum atomic E-state index is 13.0. The zero-order valence-corrected chi connectivity index (χ0v) is 19.2. The summed E-state index contributed by atoms with van der Waals surface area (Å²) in [5, 5.41) is 6.01. The molecule has 1 saturated heterocycles. The van der Waals surface area contributed by atoms with Crippen LogP contribution in [0.4, 0.5) is 10.1 Å². The lowest BCUT2D eigenvalue weighted by molar-refractivity contribution is -0.126. The maximum absolute atomic E-state index is 13.0. The van der Waals surface area contributed by atoms with E-state index in [0.717, 1.165) is 48.3 Å². The van der Waals surface area contributed by atoms with E-state index < -0.39 is 0 Å². The first-order valence-corrected chi connectivity index (χ1v) is 11.8. The summed E-state index contributed by atoms with van der Waals surface area (Å²) >= 11 is 0. The molecule has 1 heterocycles. The molecule has 0 aromatic heterocycles. The smallest absolute Gasteiger partial charge is 0.225 e. The molecule has 0 spiro atoms. The number of piperidine rings is 1. The normalized spacial score (nSPS) is 14.5. The van der Waals surface area contributed by atoms with Crippen molar-refractivity contribution < 1.29 is 14.0 Å². The molecule has 0 radical (unpaired) electrons. The van der Waals surface area contributed by atoms with Crippen LogP contribution in [0.1, 0.15) is 24.8 Å². The van der Waals surface area contributed by atoms with Crippen LogP contribution in [0, 0.1) is 11.7 Å². The number of nitrogens with one attached hydrogen (secondary N) is 2. The van der Waals surface area contributed by atoms with Gasteiger partial charge in [-0.05, 0) is 55.3 Å². The van der Waals surface area contributed by atoms with Gasteiger partial charge in [0.1, 0.15) is 5.82 Å². The Kier molecular flexibility index (Phi) is 8.04. The second-order valence-electron chi connectivity index (χ2n) is 8.67.